The van der Waals surface area contributed by atoms with Crippen molar-refractivity contribution in [1.82, 2.24) is 15.1 Å². The molecule has 0 saturated heterocycles. The molecule has 1 aromatic carbocycles. The Kier molecular flexibility index (Phi) is 7.24. The summed E-state index contributed by atoms with van der Waals surface area (Å²) in [5.74, 6) is 1.90. The van der Waals surface area contributed by atoms with Gasteiger partial charge in [0.2, 0.25) is 0 Å². The number of ether oxygens (including phenoxy) is 1. The SMILES string of the molecule is COc1ccccc1C(CNC1=NCCN1C)N(C)C.I. The number of hydrogen-bond acceptors (Lipinski definition) is 5. The van der Waals surface area contributed by atoms with Crippen LogP contribution in [0.1, 0.15) is 11.6 Å². The van der Waals surface area contributed by atoms with Crippen LogP contribution in [0.4, 0.5) is 0 Å². The van der Waals surface area contributed by atoms with Gasteiger partial charge in [0, 0.05) is 25.7 Å². The van der Waals surface area contributed by atoms with E-state index in [2.05, 4.69) is 47.3 Å². The Hall–Kier alpha value is -1.02. The maximum atomic E-state index is 5.47. The summed E-state index contributed by atoms with van der Waals surface area (Å²) in [5.41, 5.74) is 1.19. The number of para-hydroxylation sites is 1. The number of hydrogen-bond donors (Lipinski definition) is 1. The van der Waals surface area contributed by atoms with Gasteiger partial charge < -0.3 is 19.9 Å². The Bertz CT molecular complexity index is 478. The van der Waals surface area contributed by atoms with Crippen LogP contribution in [0.25, 0.3) is 0 Å². The van der Waals surface area contributed by atoms with Crippen molar-refractivity contribution in [3.05, 3.63) is 29.8 Å². The summed E-state index contributed by atoms with van der Waals surface area (Å²) in [5, 5.41) is 3.44. The van der Waals surface area contributed by atoms with Gasteiger partial charge in [-0.05, 0) is 20.2 Å². The fourth-order valence-corrected chi connectivity index (χ4v) is 2.42. The molecule has 118 valence electrons. The van der Waals surface area contributed by atoms with Gasteiger partial charge in [-0.15, -0.1) is 24.0 Å². The molecule has 2 rings (SSSR count). The van der Waals surface area contributed by atoms with E-state index in [-0.39, 0.29) is 30.0 Å². The molecule has 6 heteroatoms. The summed E-state index contributed by atoms with van der Waals surface area (Å²) in [6.45, 7) is 2.67. The first kappa shape index (κ1) is 18.0. The fraction of sp³-hybridized carbons (Fsp3) is 0.533. The number of nitrogens with one attached hydrogen (secondary N) is 1. The molecule has 0 saturated carbocycles. The van der Waals surface area contributed by atoms with Crippen LogP contribution in [-0.2, 0) is 0 Å². The quantitative estimate of drug-likeness (QED) is 0.761. The molecule has 0 amide bonds. The largest absolute Gasteiger partial charge is 0.496 e. The third-order valence-corrected chi connectivity index (χ3v) is 3.63. The number of methoxy groups -OCH3 is 1. The summed E-state index contributed by atoms with van der Waals surface area (Å²) >= 11 is 0. The molecule has 0 aliphatic carbocycles. The molecule has 1 aliphatic heterocycles. The van der Waals surface area contributed by atoms with E-state index in [1.165, 1.54) is 5.56 Å². The van der Waals surface area contributed by atoms with E-state index in [1.807, 2.05) is 18.2 Å². The molecule has 21 heavy (non-hydrogen) atoms. The Labute approximate surface area is 144 Å². The zero-order valence-corrected chi connectivity index (χ0v) is 15.5. The normalized spacial score (nSPS) is 15.5. The van der Waals surface area contributed by atoms with Gasteiger partial charge in [-0.2, -0.15) is 0 Å². The zero-order chi connectivity index (χ0) is 14.5. The lowest BCUT2D eigenvalue weighted by Crippen LogP contribution is -2.40. The number of benzene rings is 1. The zero-order valence-electron chi connectivity index (χ0n) is 13.2. The molecule has 1 unspecified atom stereocenters. The van der Waals surface area contributed by atoms with Crippen molar-refractivity contribution in [2.24, 2.45) is 4.99 Å². The van der Waals surface area contributed by atoms with Crippen LogP contribution < -0.4 is 10.1 Å². The summed E-state index contributed by atoms with van der Waals surface area (Å²) < 4.78 is 5.47. The molecule has 0 radical (unpaired) electrons. The van der Waals surface area contributed by atoms with Gasteiger partial charge in [0.05, 0.1) is 19.7 Å². The molecule has 0 aromatic heterocycles. The molecule has 1 N–H and O–H groups in total. The lowest BCUT2D eigenvalue weighted by molar-refractivity contribution is 0.286. The minimum absolute atomic E-state index is 0. The number of rotatable bonds is 5. The number of guanidine groups is 1. The van der Waals surface area contributed by atoms with Gasteiger partial charge in [-0.25, -0.2) is 0 Å². The van der Waals surface area contributed by atoms with E-state index < -0.39 is 0 Å². The molecule has 0 spiro atoms. The molecular formula is C15H25IN4O. The fourth-order valence-electron chi connectivity index (χ4n) is 2.42. The average molecular weight is 404 g/mol. The van der Waals surface area contributed by atoms with E-state index in [0.29, 0.717) is 0 Å². The van der Waals surface area contributed by atoms with Crippen molar-refractivity contribution in [2.45, 2.75) is 6.04 Å². The lowest BCUT2D eigenvalue weighted by Gasteiger charge is -2.27. The van der Waals surface area contributed by atoms with Gasteiger partial charge in [0.15, 0.2) is 5.96 Å². The Morgan fingerprint density at radius 2 is 2.10 bits per heavy atom. The standard InChI is InChI=1S/C15H24N4O.HI/c1-18(2)13(11-17-15-16-9-10-19(15)3)12-7-5-6-8-14(12)20-4;/h5-8,13H,9-11H2,1-4H3,(H,16,17);1H. The van der Waals surface area contributed by atoms with Crippen molar-refractivity contribution < 1.29 is 4.74 Å². The van der Waals surface area contributed by atoms with Crippen LogP contribution in [-0.4, -0.2) is 63.6 Å². The predicted molar refractivity (Wildman–Crippen MR) is 97.8 cm³/mol. The highest BCUT2D eigenvalue weighted by molar-refractivity contribution is 14.0. The first-order chi connectivity index (χ1) is 9.63. The van der Waals surface area contributed by atoms with Crippen molar-refractivity contribution in [1.29, 1.82) is 0 Å². The summed E-state index contributed by atoms with van der Waals surface area (Å²) in [6.07, 6.45) is 0. The Morgan fingerprint density at radius 3 is 2.67 bits per heavy atom. The molecule has 5 nitrogen and oxygen atoms in total. The molecule has 1 heterocycles. The summed E-state index contributed by atoms with van der Waals surface area (Å²) in [6, 6.07) is 8.41. The average Bonchev–Trinajstić information content (AvgIpc) is 2.85. The van der Waals surface area contributed by atoms with Gasteiger partial charge in [-0.3, -0.25) is 4.99 Å². The van der Waals surface area contributed by atoms with Crippen molar-refractivity contribution in [3.63, 3.8) is 0 Å². The number of likely N-dealkylation sites (N-methyl/N-ethyl adjacent to an activating group) is 2. The first-order valence-electron chi connectivity index (χ1n) is 6.92. The topological polar surface area (TPSA) is 40.1 Å². The minimum atomic E-state index is 0. The number of nitrogens with zero attached hydrogens (tertiary/aromatic N) is 3. The molecular weight excluding hydrogens is 379 g/mol. The minimum Gasteiger partial charge on any atom is -0.496 e. The lowest BCUT2D eigenvalue weighted by atomic mass is 10.0. The second-order valence-electron chi connectivity index (χ2n) is 5.23. The van der Waals surface area contributed by atoms with Crippen LogP contribution in [0.15, 0.2) is 29.3 Å². The van der Waals surface area contributed by atoms with Crippen LogP contribution in [0.3, 0.4) is 0 Å². The number of halogens is 1. The second-order valence-corrected chi connectivity index (χ2v) is 5.23. The first-order valence-corrected chi connectivity index (χ1v) is 6.92. The third kappa shape index (κ3) is 4.47. The van der Waals surface area contributed by atoms with E-state index >= 15 is 0 Å². The van der Waals surface area contributed by atoms with Gasteiger partial charge in [-0.1, -0.05) is 18.2 Å². The van der Waals surface area contributed by atoms with E-state index in [4.69, 9.17) is 4.74 Å². The summed E-state index contributed by atoms with van der Waals surface area (Å²) in [7, 11) is 7.94. The van der Waals surface area contributed by atoms with E-state index in [9.17, 15) is 0 Å². The highest BCUT2D eigenvalue weighted by atomic mass is 127. The maximum absolute atomic E-state index is 5.47. The van der Waals surface area contributed by atoms with Crippen molar-refractivity contribution in [3.8, 4) is 5.75 Å². The number of aliphatic imine (C=N–C) groups is 1. The van der Waals surface area contributed by atoms with Crippen LogP contribution in [0.5, 0.6) is 5.75 Å². The summed E-state index contributed by atoms with van der Waals surface area (Å²) in [4.78, 5) is 8.81. The van der Waals surface area contributed by atoms with Gasteiger partial charge in [0.1, 0.15) is 5.75 Å². The molecule has 1 atom stereocenters. The van der Waals surface area contributed by atoms with Crippen LogP contribution in [0, 0.1) is 0 Å². The smallest absolute Gasteiger partial charge is 0.193 e. The van der Waals surface area contributed by atoms with E-state index in [1.54, 1.807) is 7.11 Å². The highest BCUT2D eigenvalue weighted by Gasteiger charge is 2.20. The molecule has 0 bridgehead atoms. The second kappa shape index (κ2) is 8.43. The molecule has 1 aliphatic rings. The predicted octanol–water partition coefficient (Wildman–Crippen LogP) is 1.81. The van der Waals surface area contributed by atoms with Crippen LogP contribution >= 0.6 is 24.0 Å². The molecule has 1 aromatic rings. The molecule has 0 fully saturated rings. The Morgan fingerprint density at radius 1 is 1.38 bits per heavy atom. The maximum Gasteiger partial charge on any atom is 0.193 e. The van der Waals surface area contributed by atoms with Gasteiger partial charge in [0.25, 0.3) is 0 Å². The monoisotopic (exact) mass is 404 g/mol. The van der Waals surface area contributed by atoms with Crippen molar-refractivity contribution >= 4 is 29.9 Å². The third-order valence-electron chi connectivity index (χ3n) is 3.63. The van der Waals surface area contributed by atoms with Gasteiger partial charge >= 0.3 is 0 Å². The highest BCUT2D eigenvalue weighted by Crippen LogP contribution is 2.27. The van der Waals surface area contributed by atoms with Crippen molar-refractivity contribution in [2.75, 3.05) is 47.9 Å². The Balaban J connectivity index is 0.00000220. The van der Waals surface area contributed by atoms with Crippen LogP contribution in [0.2, 0.25) is 0 Å². The van der Waals surface area contributed by atoms with E-state index in [0.717, 1.165) is 31.3 Å².